The minimum atomic E-state index is 1.17. The van der Waals surface area contributed by atoms with Crippen LogP contribution in [-0.2, 0) is 13.0 Å². The summed E-state index contributed by atoms with van der Waals surface area (Å²) in [5.41, 5.74) is 1.30. The van der Waals surface area contributed by atoms with E-state index in [4.69, 9.17) is 0 Å². The number of rotatable bonds is 18. The van der Waals surface area contributed by atoms with Crippen molar-refractivity contribution in [3.05, 3.63) is 48.5 Å². The van der Waals surface area contributed by atoms with Gasteiger partial charge in [0.1, 0.15) is 18.1 Å². The van der Waals surface area contributed by atoms with Crippen LogP contribution < -0.4 is 4.57 Å². The molecule has 0 amide bonds. The minimum Gasteiger partial charge on any atom is -0.234 e. The molecule has 1 aromatic carbocycles. The summed E-state index contributed by atoms with van der Waals surface area (Å²) in [5.74, 6) is 1.48. The number of aromatic nitrogens is 2. The zero-order valence-electron chi connectivity index (χ0n) is 20.0. The Morgan fingerprint density at radius 1 is 0.633 bits per heavy atom. The van der Waals surface area contributed by atoms with Crippen molar-refractivity contribution in [1.82, 2.24) is 4.57 Å². The van der Waals surface area contributed by atoms with Crippen LogP contribution in [0.25, 0.3) is 5.69 Å². The fraction of sp³-hybridized carbons (Fsp3) is 0.679. The van der Waals surface area contributed by atoms with Crippen LogP contribution in [-0.4, -0.2) is 4.57 Å². The van der Waals surface area contributed by atoms with Gasteiger partial charge in [-0.05, 0) is 31.4 Å². The molecule has 0 aliphatic rings. The molecule has 0 saturated carbocycles. The number of hydrogen-bond donors (Lipinski definition) is 0. The number of nitrogens with zero attached hydrogens (tertiary/aromatic N) is 2. The predicted octanol–water partition coefficient (Wildman–Crippen LogP) is 8.20. The highest BCUT2D eigenvalue weighted by Gasteiger charge is 2.18. The molecular formula is C28H47N2+. The quantitative estimate of drug-likeness (QED) is 0.173. The average molecular weight is 412 g/mol. The second kappa shape index (κ2) is 16.2. The number of para-hydroxylation sites is 1. The fourth-order valence-corrected chi connectivity index (χ4v) is 4.41. The molecule has 0 N–H and O–H groups in total. The van der Waals surface area contributed by atoms with E-state index in [2.05, 4.69) is 65.7 Å². The molecule has 2 rings (SSSR count). The number of benzene rings is 1. The maximum absolute atomic E-state index is 2.53. The maximum Gasteiger partial charge on any atom is 0.261 e. The normalized spacial score (nSPS) is 11.3. The smallest absolute Gasteiger partial charge is 0.234 e. The zero-order valence-corrected chi connectivity index (χ0v) is 20.0. The van der Waals surface area contributed by atoms with Gasteiger partial charge in [0.2, 0.25) is 0 Å². The molecule has 0 fully saturated rings. The standard InChI is InChI=1S/C28H47N2/c1-3-5-7-9-11-12-13-15-20-24-29-25-26-30(27-21-17-16-18-22-27)28(29)23-19-14-10-8-6-4-2/h16-18,21-22,25-26H,3-15,19-20,23-24H2,1-2H3/q+1. The lowest BCUT2D eigenvalue weighted by Crippen LogP contribution is -2.37. The molecule has 1 aromatic heterocycles. The lowest BCUT2D eigenvalue weighted by molar-refractivity contribution is -0.704. The summed E-state index contributed by atoms with van der Waals surface area (Å²) in [4.78, 5) is 0. The second-order valence-corrected chi connectivity index (χ2v) is 8.96. The Balaban J connectivity index is 1.81. The lowest BCUT2D eigenvalue weighted by Gasteiger charge is -2.06. The molecule has 2 heteroatoms. The SMILES string of the molecule is CCCCCCCCCCC[n+]1ccn(-c2ccccc2)c1CCCCCCCC. The van der Waals surface area contributed by atoms with Crippen molar-refractivity contribution in [2.24, 2.45) is 0 Å². The van der Waals surface area contributed by atoms with Gasteiger partial charge in [-0.1, -0.05) is 109 Å². The Hall–Kier alpha value is -1.57. The highest BCUT2D eigenvalue weighted by Crippen LogP contribution is 2.14. The van der Waals surface area contributed by atoms with Gasteiger partial charge < -0.3 is 0 Å². The summed E-state index contributed by atoms with van der Waals surface area (Å²) < 4.78 is 4.94. The largest absolute Gasteiger partial charge is 0.261 e. The van der Waals surface area contributed by atoms with E-state index >= 15 is 0 Å². The second-order valence-electron chi connectivity index (χ2n) is 8.96. The van der Waals surface area contributed by atoms with E-state index in [1.165, 1.54) is 121 Å². The number of unbranched alkanes of at least 4 members (excludes halogenated alkanes) is 13. The van der Waals surface area contributed by atoms with E-state index in [9.17, 15) is 0 Å². The third-order valence-electron chi connectivity index (χ3n) is 6.30. The molecule has 0 radical (unpaired) electrons. The van der Waals surface area contributed by atoms with Crippen LogP contribution in [0.3, 0.4) is 0 Å². The molecule has 2 aromatic rings. The Morgan fingerprint density at radius 2 is 1.17 bits per heavy atom. The predicted molar refractivity (Wildman–Crippen MR) is 130 cm³/mol. The van der Waals surface area contributed by atoms with Crippen LogP contribution in [0.4, 0.5) is 0 Å². The molecule has 0 spiro atoms. The van der Waals surface area contributed by atoms with Crippen molar-refractivity contribution < 1.29 is 4.57 Å². The molecule has 0 bridgehead atoms. The monoisotopic (exact) mass is 411 g/mol. The van der Waals surface area contributed by atoms with Crippen molar-refractivity contribution >= 4 is 0 Å². The van der Waals surface area contributed by atoms with Crippen LogP contribution in [0, 0.1) is 0 Å². The molecule has 0 unspecified atom stereocenters. The van der Waals surface area contributed by atoms with E-state index in [1.807, 2.05) is 0 Å². The summed E-state index contributed by atoms with van der Waals surface area (Å²) in [6.07, 6.45) is 26.5. The molecule has 0 atom stereocenters. The number of imidazole rings is 1. The minimum absolute atomic E-state index is 1.17. The molecular weight excluding hydrogens is 364 g/mol. The van der Waals surface area contributed by atoms with Gasteiger partial charge in [-0.25, -0.2) is 4.57 Å². The maximum atomic E-state index is 2.53. The lowest BCUT2D eigenvalue weighted by atomic mass is 10.1. The van der Waals surface area contributed by atoms with Crippen LogP contribution >= 0.6 is 0 Å². The van der Waals surface area contributed by atoms with Gasteiger partial charge in [-0.3, -0.25) is 0 Å². The zero-order chi connectivity index (χ0) is 21.3. The van der Waals surface area contributed by atoms with Gasteiger partial charge in [0, 0.05) is 6.42 Å². The van der Waals surface area contributed by atoms with Crippen LogP contribution in [0.1, 0.15) is 116 Å². The summed E-state index contributed by atoms with van der Waals surface area (Å²) in [7, 11) is 0. The van der Waals surface area contributed by atoms with E-state index in [-0.39, 0.29) is 0 Å². The van der Waals surface area contributed by atoms with Crippen LogP contribution in [0.5, 0.6) is 0 Å². The van der Waals surface area contributed by atoms with Gasteiger partial charge in [-0.15, -0.1) is 0 Å². The highest BCUT2D eigenvalue weighted by atomic mass is 15.1. The van der Waals surface area contributed by atoms with E-state index < -0.39 is 0 Å². The summed E-state index contributed by atoms with van der Waals surface area (Å²) >= 11 is 0. The van der Waals surface area contributed by atoms with Crippen molar-refractivity contribution in [2.45, 2.75) is 123 Å². The summed E-state index contributed by atoms with van der Waals surface area (Å²) in [5, 5.41) is 0. The third-order valence-corrected chi connectivity index (χ3v) is 6.30. The molecule has 2 nitrogen and oxygen atoms in total. The molecule has 0 saturated heterocycles. The van der Waals surface area contributed by atoms with Gasteiger partial charge in [0.15, 0.2) is 0 Å². The van der Waals surface area contributed by atoms with E-state index in [1.54, 1.807) is 0 Å². The topological polar surface area (TPSA) is 8.81 Å². The van der Waals surface area contributed by atoms with Crippen LogP contribution in [0.15, 0.2) is 42.7 Å². The Morgan fingerprint density at radius 3 is 1.77 bits per heavy atom. The highest BCUT2D eigenvalue weighted by molar-refractivity contribution is 5.31. The van der Waals surface area contributed by atoms with Gasteiger partial charge in [-0.2, -0.15) is 4.57 Å². The van der Waals surface area contributed by atoms with Crippen molar-refractivity contribution in [2.75, 3.05) is 0 Å². The summed E-state index contributed by atoms with van der Waals surface area (Å²) in [6.45, 7) is 5.76. The summed E-state index contributed by atoms with van der Waals surface area (Å²) in [6, 6.07) is 10.9. The molecule has 0 aliphatic heterocycles. The van der Waals surface area contributed by atoms with Crippen molar-refractivity contribution in [3.8, 4) is 5.69 Å². The Bertz CT molecular complexity index is 644. The van der Waals surface area contributed by atoms with Crippen molar-refractivity contribution in [1.29, 1.82) is 0 Å². The fourth-order valence-electron chi connectivity index (χ4n) is 4.41. The molecule has 30 heavy (non-hydrogen) atoms. The van der Waals surface area contributed by atoms with E-state index in [0.29, 0.717) is 0 Å². The average Bonchev–Trinajstić information content (AvgIpc) is 3.18. The van der Waals surface area contributed by atoms with Gasteiger partial charge in [0.25, 0.3) is 5.82 Å². The first-order valence-corrected chi connectivity index (χ1v) is 13.0. The van der Waals surface area contributed by atoms with Crippen molar-refractivity contribution in [3.63, 3.8) is 0 Å². The van der Waals surface area contributed by atoms with Crippen LogP contribution in [0.2, 0.25) is 0 Å². The first-order chi connectivity index (χ1) is 14.9. The van der Waals surface area contributed by atoms with Gasteiger partial charge in [0.05, 0.1) is 6.54 Å². The molecule has 0 aliphatic carbocycles. The molecule has 1 heterocycles. The Kier molecular flexibility index (Phi) is 13.3. The number of aryl methyl sites for hydroxylation is 1. The Labute approximate surface area is 186 Å². The first-order valence-electron chi connectivity index (χ1n) is 13.0. The first kappa shape index (κ1) is 24.7. The number of hydrogen-bond acceptors (Lipinski definition) is 0. The third kappa shape index (κ3) is 9.49. The molecule has 168 valence electrons. The van der Waals surface area contributed by atoms with E-state index in [0.717, 1.165) is 0 Å². The van der Waals surface area contributed by atoms with Gasteiger partial charge >= 0.3 is 0 Å².